The van der Waals surface area contributed by atoms with Crippen LogP contribution in [0, 0.1) is 13.8 Å². The Morgan fingerprint density at radius 1 is 1.04 bits per heavy atom. The van der Waals surface area contributed by atoms with E-state index < -0.39 is 0 Å². The van der Waals surface area contributed by atoms with Crippen molar-refractivity contribution in [2.45, 2.75) is 27.1 Å². The molecule has 0 spiro atoms. The molecule has 6 heteroatoms. The molecule has 1 aromatic carbocycles. The summed E-state index contributed by atoms with van der Waals surface area (Å²) in [7, 11) is 0. The Morgan fingerprint density at radius 2 is 1.85 bits per heavy atom. The number of fused-ring (bicyclic) bond motifs is 1. The van der Waals surface area contributed by atoms with Crippen molar-refractivity contribution in [2.24, 2.45) is 0 Å². The molecule has 0 amide bonds. The van der Waals surface area contributed by atoms with E-state index in [0.717, 1.165) is 23.5 Å². The molecule has 4 rings (SSSR count). The van der Waals surface area contributed by atoms with Crippen LogP contribution in [-0.4, -0.2) is 26.1 Å². The highest BCUT2D eigenvalue weighted by Gasteiger charge is 2.27. The molecule has 26 heavy (non-hydrogen) atoms. The fourth-order valence-electron chi connectivity index (χ4n) is 3.24. The normalized spacial score (nSPS) is 14.3. The van der Waals surface area contributed by atoms with Gasteiger partial charge in [0.15, 0.2) is 0 Å². The lowest BCUT2D eigenvalue weighted by Gasteiger charge is -2.38. The Bertz CT molecular complexity index is 969. The third kappa shape index (κ3) is 2.99. The molecular weight excluding hydrogens is 326 g/mol. The summed E-state index contributed by atoms with van der Waals surface area (Å²) in [6, 6.07) is 14.1. The van der Waals surface area contributed by atoms with Crippen molar-refractivity contribution in [3.63, 3.8) is 0 Å². The van der Waals surface area contributed by atoms with Crippen LogP contribution in [0.3, 0.4) is 0 Å². The zero-order valence-electron chi connectivity index (χ0n) is 15.0. The van der Waals surface area contributed by atoms with Crippen LogP contribution in [0.15, 0.2) is 59.7 Å². The van der Waals surface area contributed by atoms with Gasteiger partial charge in [0, 0.05) is 35.9 Å². The molecule has 0 aliphatic carbocycles. The fourth-order valence-corrected chi connectivity index (χ4v) is 3.24. The number of hydrogen-bond donors (Lipinski definition) is 0. The summed E-state index contributed by atoms with van der Waals surface area (Å²) < 4.78 is 1.76. The SMILES string of the molecule is Cc1nc2n(c(=O)c1C)CN(Cc1cccnc1)CN2c1ccccc1. The number of rotatable bonds is 3. The quantitative estimate of drug-likeness (QED) is 0.729. The molecule has 0 saturated heterocycles. The van der Waals surface area contributed by atoms with Crippen molar-refractivity contribution in [1.82, 2.24) is 19.4 Å². The van der Waals surface area contributed by atoms with Gasteiger partial charge in [-0.2, -0.15) is 0 Å². The minimum atomic E-state index is 0.0179. The summed E-state index contributed by atoms with van der Waals surface area (Å²) in [5.74, 6) is 0.701. The van der Waals surface area contributed by atoms with Crippen LogP contribution in [0.25, 0.3) is 0 Å². The van der Waals surface area contributed by atoms with E-state index in [1.54, 1.807) is 10.8 Å². The van der Waals surface area contributed by atoms with E-state index in [1.807, 2.05) is 56.4 Å². The molecule has 0 fully saturated rings. The Kier molecular flexibility index (Phi) is 4.26. The van der Waals surface area contributed by atoms with Crippen LogP contribution in [0.4, 0.5) is 11.6 Å². The summed E-state index contributed by atoms with van der Waals surface area (Å²) in [6.07, 6.45) is 3.63. The van der Waals surface area contributed by atoms with Crippen LogP contribution in [0.1, 0.15) is 16.8 Å². The second-order valence-corrected chi connectivity index (χ2v) is 6.59. The summed E-state index contributed by atoms with van der Waals surface area (Å²) >= 11 is 0. The topological polar surface area (TPSA) is 54.3 Å². The molecular formula is C20H21N5O. The van der Waals surface area contributed by atoms with E-state index in [0.29, 0.717) is 24.8 Å². The third-order valence-corrected chi connectivity index (χ3v) is 4.74. The van der Waals surface area contributed by atoms with E-state index >= 15 is 0 Å². The van der Waals surface area contributed by atoms with Gasteiger partial charge in [-0.25, -0.2) is 4.98 Å². The Hall–Kier alpha value is -2.99. The van der Waals surface area contributed by atoms with Gasteiger partial charge in [0.05, 0.1) is 13.3 Å². The smallest absolute Gasteiger partial charge is 0.259 e. The Labute approximate surface area is 152 Å². The first-order chi connectivity index (χ1) is 12.6. The molecule has 1 aliphatic rings. The van der Waals surface area contributed by atoms with Gasteiger partial charge in [0.1, 0.15) is 0 Å². The van der Waals surface area contributed by atoms with Crippen molar-refractivity contribution in [3.05, 3.63) is 82.0 Å². The number of pyridine rings is 1. The fraction of sp³-hybridized carbons (Fsp3) is 0.250. The maximum absolute atomic E-state index is 12.9. The molecule has 0 unspecified atom stereocenters. The van der Waals surface area contributed by atoms with Crippen LogP contribution < -0.4 is 10.5 Å². The zero-order valence-corrected chi connectivity index (χ0v) is 15.0. The average Bonchev–Trinajstić information content (AvgIpc) is 2.68. The van der Waals surface area contributed by atoms with E-state index in [9.17, 15) is 4.79 Å². The van der Waals surface area contributed by atoms with Gasteiger partial charge < -0.3 is 0 Å². The number of aromatic nitrogens is 3. The van der Waals surface area contributed by atoms with E-state index in [2.05, 4.69) is 20.9 Å². The molecule has 3 heterocycles. The molecule has 3 aromatic rings. The summed E-state index contributed by atoms with van der Waals surface area (Å²) in [5, 5.41) is 0. The van der Waals surface area contributed by atoms with Gasteiger partial charge in [-0.15, -0.1) is 0 Å². The van der Waals surface area contributed by atoms with Crippen LogP contribution in [0.2, 0.25) is 0 Å². The summed E-state index contributed by atoms with van der Waals surface area (Å²) in [6.45, 7) is 5.62. The highest BCUT2D eigenvalue weighted by Crippen LogP contribution is 2.27. The first kappa shape index (κ1) is 16.5. The molecule has 2 aromatic heterocycles. The van der Waals surface area contributed by atoms with Crippen LogP contribution in [-0.2, 0) is 13.2 Å². The summed E-state index contributed by atoms with van der Waals surface area (Å²) in [5.41, 5.74) is 3.64. The van der Waals surface area contributed by atoms with E-state index in [-0.39, 0.29) is 5.56 Å². The number of benzene rings is 1. The molecule has 132 valence electrons. The Balaban J connectivity index is 1.78. The number of hydrogen-bond acceptors (Lipinski definition) is 5. The highest BCUT2D eigenvalue weighted by molar-refractivity contribution is 5.58. The van der Waals surface area contributed by atoms with Crippen molar-refractivity contribution >= 4 is 11.6 Å². The average molecular weight is 347 g/mol. The lowest BCUT2D eigenvalue weighted by Crippen LogP contribution is -2.47. The number of para-hydroxylation sites is 1. The van der Waals surface area contributed by atoms with Crippen molar-refractivity contribution in [1.29, 1.82) is 0 Å². The molecule has 6 nitrogen and oxygen atoms in total. The van der Waals surface area contributed by atoms with Gasteiger partial charge in [-0.05, 0) is 37.6 Å². The third-order valence-electron chi connectivity index (χ3n) is 4.74. The largest absolute Gasteiger partial charge is 0.298 e. The van der Waals surface area contributed by atoms with Gasteiger partial charge in [-0.1, -0.05) is 24.3 Å². The van der Waals surface area contributed by atoms with Crippen LogP contribution in [0.5, 0.6) is 0 Å². The second-order valence-electron chi connectivity index (χ2n) is 6.59. The van der Waals surface area contributed by atoms with Crippen molar-refractivity contribution in [2.75, 3.05) is 11.6 Å². The van der Waals surface area contributed by atoms with Gasteiger partial charge in [0.2, 0.25) is 5.95 Å². The van der Waals surface area contributed by atoms with Crippen LogP contribution >= 0.6 is 0 Å². The standard InChI is InChI=1S/C20H21N5O/c1-15-16(2)22-20-24(18-8-4-3-5-9-18)13-23(14-25(20)19(15)26)12-17-7-6-10-21-11-17/h3-11H,12-14H2,1-2H3. The zero-order chi connectivity index (χ0) is 18.1. The monoisotopic (exact) mass is 347 g/mol. The van der Waals surface area contributed by atoms with Gasteiger partial charge >= 0.3 is 0 Å². The summed E-state index contributed by atoms with van der Waals surface area (Å²) in [4.78, 5) is 26.1. The van der Waals surface area contributed by atoms with Crippen molar-refractivity contribution in [3.8, 4) is 0 Å². The molecule has 0 radical (unpaired) electrons. The number of anilines is 2. The molecule has 1 aliphatic heterocycles. The molecule has 0 N–H and O–H groups in total. The van der Waals surface area contributed by atoms with E-state index in [1.165, 1.54) is 0 Å². The molecule has 0 atom stereocenters. The Morgan fingerprint density at radius 3 is 2.58 bits per heavy atom. The molecule has 0 bridgehead atoms. The van der Waals surface area contributed by atoms with Crippen molar-refractivity contribution < 1.29 is 0 Å². The maximum Gasteiger partial charge on any atom is 0.259 e. The second kappa shape index (κ2) is 6.72. The number of nitrogens with zero attached hydrogens (tertiary/aromatic N) is 5. The highest BCUT2D eigenvalue weighted by atomic mass is 16.1. The van der Waals surface area contributed by atoms with E-state index in [4.69, 9.17) is 4.98 Å². The van der Waals surface area contributed by atoms with Gasteiger partial charge in [0.25, 0.3) is 5.56 Å². The lowest BCUT2D eigenvalue weighted by atomic mass is 10.2. The first-order valence-corrected chi connectivity index (χ1v) is 8.65. The maximum atomic E-state index is 12.9. The predicted octanol–water partition coefficient (Wildman–Crippen LogP) is 2.82. The first-order valence-electron chi connectivity index (χ1n) is 8.65. The molecule has 0 saturated carbocycles. The number of aryl methyl sites for hydroxylation is 1. The lowest BCUT2D eigenvalue weighted by molar-refractivity contribution is 0.189. The minimum absolute atomic E-state index is 0.0179. The van der Waals surface area contributed by atoms with Gasteiger partial charge in [-0.3, -0.25) is 24.1 Å². The predicted molar refractivity (Wildman–Crippen MR) is 101 cm³/mol. The minimum Gasteiger partial charge on any atom is -0.298 e.